The lowest BCUT2D eigenvalue weighted by molar-refractivity contribution is 0.518. The molecule has 11 heavy (non-hydrogen) atoms. The average Bonchev–Trinajstić information content (AvgIpc) is 2.06. The van der Waals surface area contributed by atoms with Gasteiger partial charge >= 0.3 is 0 Å². The van der Waals surface area contributed by atoms with Gasteiger partial charge in [-0.05, 0) is 12.3 Å². The van der Waals surface area contributed by atoms with Gasteiger partial charge in [0.1, 0.15) is 5.17 Å². The number of rotatable bonds is 0. The summed E-state index contributed by atoms with van der Waals surface area (Å²) in [4.78, 5) is 4.21. The van der Waals surface area contributed by atoms with Gasteiger partial charge in [0.05, 0.1) is 0 Å². The Hall–Kier alpha value is -0.560. The van der Waals surface area contributed by atoms with Gasteiger partial charge in [0.25, 0.3) is 0 Å². The minimum absolute atomic E-state index is 0.371. The highest BCUT2D eigenvalue weighted by molar-refractivity contribution is 6.66. The second kappa shape index (κ2) is 2.82. The van der Waals surface area contributed by atoms with Gasteiger partial charge in [-0.15, -0.1) is 0 Å². The van der Waals surface area contributed by atoms with E-state index >= 15 is 0 Å². The summed E-state index contributed by atoms with van der Waals surface area (Å²) in [7, 11) is 0. The number of fused-ring (bicyclic) bond motifs is 1. The number of hydrogen-bond donors (Lipinski definition) is 0. The van der Waals surface area contributed by atoms with E-state index in [2.05, 4.69) is 23.2 Å². The second-order valence-electron chi connectivity index (χ2n) is 2.95. The molecule has 2 aliphatic rings. The quantitative estimate of drug-likeness (QED) is 0.526. The van der Waals surface area contributed by atoms with Gasteiger partial charge in [-0.1, -0.05) is 35.9 Å². The Labute approximate surface area is 71.5 Å². The molecular formula is C9H10ClN. The Bertz CT molecular complexity index is 240. The summed E-state index contributed by atoms with van der Waals surface area (Å²) in [6.45, 7) is 0.887. The Morgan fingerprint density at radius 1 is 1.36 bits per heavy atom. The fourth-order valence-corrected chi connectivity index (χ4v) is 1.93. The van der Waals surface area contributed by atoms with E-state index in [1.54, 1.807) is 0 Å². The molecule has 1 heterocycles. The normalized spacial score (nSPS) is 34.8. The standard InChI is InChI=1S/C9H10ClN/c10-9-8-4-2-1-3-7(8)5-6-11-9/h1-4,7-8H,5-6H2. The SMILES string of the molecule is ClC1=NCCC2C=CC=CC12. The molecule has 0 fully saturated rings. The minimum Gasteiger partial charge on any atom is -0.277 e. The molecule has 0 saturated heterocycles. The third-order valence-electron chi connectivity index (χ3n) is 2.25. The van der Waals surface area contributed by atoms with Crippen LogP contribution in [-0.4, -0.2) is 11.7 Å². The third kappa shape index (κ3) is 1.25. The molecule has 2 heteroatoms. The molecule has 58 valence electrons. The zero-order chi connectivity index (χ0) is 7.68. The fourth-order valence-electron chi connectivity index (χ4n) is 1.61. The monoisotopic (exact) mass is 167 g/mol. The lowest BCUT2D eigenvalue weighted by atomic mass is 9.85. The van der Waals surface area contributed by atoms with Crippen LogP contribution in [0.4, 0.5) is 0 Å². The summed E-state index contributed by atoms with van der Waals surface area (Å²) in [6.07, 6.45) is 9.64. The van der Waals surface area contributed by atoms with Crippen LogP contribution in [0.2, 0.25) is 0 Å². The molecule has 0 saturated carbocycles. The molecule has 1 aliphatic carbocycles. The van der Waals surface area contributed by atoms with Gasteiger partial charge in [0, 0.05) is 12.5 Å². The molecule has 0 aromatic heterocycles. The van der Waals surface area contributed by atoms with Crippen molar-refractivity contribution < 1.29 is 0 Å². The molecule has 0 aromatic carbocycles. The fraction of sp³-hybridized carbons (Fsp3) is 0.444. The van der Waals surface area contributed by atoms with Crippen LogP contribution >= 0.6 is 11.6 Å². The maximum Gasteiger partial charge on any atom is 0.108 e. The van der Waals surface area contributed by atoms with Gasteiger partial charge in [-0.2, -0.15) is 0 Å². The van der Waals surface area contributed by atoms with Gasteiger partial charge in [-0.25, -0.2) is 0 Å². The molecular weight excluding hydrogens is 158 g/mol. The number of hydrogen-bond acceptors (Lipinski definition) is 1. The highest BCUT2D eigenvalue weighted by Crippen LogP contribution is 2.28. The molecule has 0 amide bonds. The number of nitrogens with zero attached hydrogens (tertiary/aromatic N) is 1. The van der Waals surface area contributed by atoms with E-state index in [4.69, 9.17) is 11.6 Å². The van der Waals surface area contributed by atoms with Gasteiger partial charge in [0.2, 0.25) is 0 Å². The third-order valence-corrected chi connectivity index (χ3v) is 2.62. The minimum atomic E-state index is 0.371. The topological polar surface area (TPSA) is 12.4 Å². The van der Waals surface area contributed by atoms with Crippen LogP contribution in [0.3, 0.4) is 0 Å². The number of allylic oxidation sites excluding steroid dienone is 4. The summed E-state index contributed by atoms with van der Waals surface area (Å²) in [5.74, 6) is 0.973. The molecule has 0 N–H and O–H groups in total. The maximum absolute atomic E-state index is 5.96. The van der Waals surface area contributed by atoms with Crippen LogP contribution in [-0.2, 0) is 0 Å². The van der Waals surface area contributed by atoms with Crippen LogP contribution in [0.15, 0.2) is 29.3 Å². The van der Waals surface area contributed by atoms with Gasteiger partial charge in [-0.3, -0.25) is 4.99 Å². The smallest absolute Gasteiger partial charge is 0.108 e. The molecule has 0 radical (unpaired) electrons. The first kappa shape index (κ1) is 7.11. The van der Waals surface area contributed by atoms with E-state index in [9.17, 15) is 0 Å². The lowest BCUT2D eigenvalue weighted by Gasteiger charge is -2.25. The molecule has 2 atom stereocenters. The van der Waals surface area contributed by atoms with Crippen molar-refractivity contribution in [2.24, 2.45) is 16.8 Å². The summed E-state index contributed by atoms with van der Waals surface area (Å²) < 4.78 is 0. The predicted octanol–water partition coefficient (Wildman–Crippen LogP) is 2.39. The van der Waals surface area contributed by atoms with E-state index < -0.39 is 0 Å². The van der Waals surface area contributed by atoms with E-state index in [1.165, 1.54) is 0 Å². The van der Waals surface area contributed by atoms with Crippen molar-refractivity contribution in [3.8, 4) is 0 Å². The predicted molar refractivity (Wildman–Crippen MR) is 48.0 cm³/mol. The Morgan fingerprint density at radius 2 is 2.18 bits per heavy atom. The zero-order valence-electron chi connectivity index (χ0n) is 6.20. The van der Waals surface area contributed by atoms with Crippen LogP contribution in [0.25, 0.3) is 0 Å². The molecule has 2 rings (SSSR count). The molecule has 2 unspecified atom stereocenters. The molecule has 0 bridgehead atoms. The van der Waals surface area contributed by atoms with Crippen molar-refractivity contribution in [2.75, 3.05) is 6.54 Å². The van der Waals surface area contributed by atoms with Crippen molar-refractivity contribution in [1.82, 2.24) is 0 Å². The molecule has 1 nitrogen and oxygen atoms in total. The Morgan fingerprint density at radius 3 is 3.00 bits per heavy atom. The second-order valence-corrected chi connectivity index (χ2v) is 3.34. The summed E-state index contributed by atoms with van der Waals surface area (Å²) in [6, 6.07) is 0. The van der Waals surface area contributed by atoms with E-state index in [0.29, 0.717) is 11.8 Å². The lowest BCUT2D eigenvalue weighted by Crippen LogP contribution is -2.23. The maximum atomic E-state index is 5.96. The number of aliphatic imine (C=N–C) groups is 1. The van der Waals surface area contributed by atoms with Crippen molar-refractivity contribution in [3.05, 3.63) is 24.3 Å². The summed E-state index contributed by atoms with van der Waals surface area (Å²) >= 11 is 5.96. The summed E-state index contributed by atoms with van der Waals surface area (Å²) in [5, 5.41) is 0.779. The zero-order valence-corrected chi connectivity index (χ0v) is 6.96. The highest BCUT2D eigenvalue weighted by atomic mass is 35.5. The van der Waals surface area contributed by atoms with Crippen molar-refractivity contribution in [2.45, 2.75) is 6.42 Å². The first-order valence-electron chi connectivity index (χ1n) is 3.93. The van der Waals surface area contributed by atoms with E-state index in [1.807, 2.05) is 6.08 Å². The average molecular weight is 168 g/mol. The van der Waals surface area contributed by atoms with Gasteiger partial charge < -0.3 is 0 Å². The van der Waals surface area contributed by atoms with Gasteiger partial charge in [0.15, 0.2) is 0 Å². The largest absolute Gasteiger partial charge is 0.277 e. The van der Waals surface area contributed by atoms with Crippen LogP contribution in [0, 0.1) is 11.8 Å². The van der Waals surface area contributed by atoms with Crippen molar-refractivity contribution in [1.29, 1.82) is 0 Å². The van der Waals surface area contributed by atoms with E-state index in [0.717, 1.165) is 18.1 Å². The first-order chi connectivity index (χ1) is 5.38. The summed E-state index contributed by atoms with van der Waals surface area (Å²) in [5.41, 5.74) is 0. The number of halogens is 1. The molecule has 1 aliphatic heterocycles. The Balaban J connectivity index is 2.26. The van der Waals surface area contributed by atoms with Crippen molar-refractivity contribution in [3.63, 3.8) is 0 Å². The van der Waals surface area contributed by atoms with Crippen LogP contribution < -0.4 is 0 Å². The first-order valence-corrected chi connectivity index (χ1v) is 4.30. The van der Waals surface area contributed by atoms with Crippen LogP contribution in [0.1, 0.15) is 6.42 Å². The highest BCUT2D eigenvalue weighted by Gasteiger charge is 2.25. The Kier molecular flexibility index (Phi) is 1.82. The molecule has 0 aromatic rings. The van der Waals surface area contributed by atoms with Crippen molar-refractivity contribution >= 4 is 16.8 Å². The van der Waals surface area contributed by atoms with E-state index in [-0.39, 0.29) is 0 Å². The van der Waals surface area contributed by atoms with Crippen LogP contribution in [0.5, 0.6) is 0 Å². The molecule has 0 spiro atoms.